The average molecular weight is 307 g/mol. The van der Waals surface area contributed by atoms with Crippen LogP contribution in [-0.2, 0) is 0 Å². The van der Waals surface area contributed by atoms with Gasteiger partial charge in [-0.05, 0) is 24.3 Å². The first-order chi connectivity index (χ1) is 11.1. The van der Waals surface area contributed by atoms with Crippen molar-refractivity contribution in [2.75, 3.05) is 38.0 Å². The van der Waals surface area contributed by atoms with Crippen LogP contribution in [0.1, 0.15) is 0 Å². The van der Waals surface area contributed by atoms with E-state index in [0.29, 0.717) is 0 Å². The van der Waals surface area contributed by atoms with Crippen LogP contribution in [0.4, 0.5) is 11.6 Å². The minimum absolute atomic E-state index is 1.13. The molecule has 118 valence electrons. The summed E-state index contributed by atoms with van der Waals surface area (Å²) in [4.78, 5) is 4.28. The van der Waals surface area contributed by atoms with E-state index in [1.54, 1.807) is 0 Å². The van der Waals surface area contributed by atoms with Crippen molar-refractivity contribution in [3.8, 4) is 11.4 Å². The lowest BCUT2D eigenvalue weighted by Crippen LogP contribution is -2.44. The third kappa shape index (κ3) is 2.80. The molecule has 1 aromatic heterocycles. The van der Waals surface area contributed by atoms with Crippen LogP contribution in [0.15, 0.2) is 66.7 Å². The van der Waals surface area contributed by atoms with Crippen molar-refractivity contribution >= 4 is 11.6 Å². The van der Waals surface area contributed by atoms with Gasteiger partial charge in [-0.15, -0.1) is 4.68 Å². The zero-order valence-corrected chi connectivity index (χ0v) is 14.1. The average Bonchev–Trinajstić information content (AvgIpc) is 2.97. The van der Waals surface area contributed by atoms with Crippen LogP contribution >= 0.6 is 0 Å². The Labute approximate surface area is 137 Å². The molecule has 3 rings (SSSR count). The molecule has 3 aromatic rings. The molecule has 0 amide bonds. The maximum Gasteiger partial charge on any atom is 0.304 e. The van der Waals surface area contributed by atoms with Crippen molar-refractivity contribution in [3.05, 3.63) is 66.7 Å². The molecule has 2 aromatic carbocycles. The van der Waals surface area contributed by atoms with Crippen LogP contribution in [0.2, 0.25) is 0 Å². The molecule has 0 saturated heterocycles. The van der Waals surface area contributed by atoms with E-state index in [1.807, 2.05) is 12.1 Å². The molecular weight excluding hydrogens is 284 g/mol. The molecular formula is C19H23N4+. The molecule has 0 aliphatic heterocycles. The van der Waals surface area contributed by atoms with Crippen LogP contribution in [-0.4, -0.2) is 32.9 Å². The monoisotopic (exact) mass is 307 g/mol. The van der Waals surface area contributed by atoms with Gasteiger partial charge in [0, 0.05) is 14.1 Å². The number of aromatic nitrogens is 2. The zero-order chi connectivity index (χ0) is 16.4. The highest BCUT2D eigenvalue weighted by atomic mass is 15.5. The van der Waals surface area contributed by atoms with E-state index in [0.717, 1.165) is 23.0 Å². The molecule has 4 nitrogen and oxygen atoms in total. The fourth-order valence-electron chi connectivity index (χ4n) is 2.71. The van der Waals surface area contributed by atoms with Gasteiger partial charge in [0.15, 0.2) is 11.5 Å². The van der Waals surface area contributed by atoms with Gasteiger partial charge in [0.05, 0.1) is 25.8 Å². The fourth-order valence-corrected chi connectivity index (χ4v) is 2.71. The summed E-state index contributed by atoms with van der Waals surface area (Å²) in [6.45, 7) is 0. The standard InChI is InChI=1S/C19H23N4/c1-20(2)18-15-19(21(3)4)23(17-13-9-6-10-14-17)22(18)16-11-7-5-8-12-16/h5-15H,1-4H3/q+1. The molecule has 4 heteroatoms. The van der Waals surface area contributed by atoms with Gasteiger partial charge in [0.2, 0.25) is 0 Å². The number of hydrogen-bond donors (Lipinski definition) is 0. The third-order valence-electron chi connectivity index (χ3n) is 3.81. The Kier molecular flexibility index (Phi) is 4.06. The number of rotatable bonds is 4. The van der Waals surface area contributed by atoms with Gasteiger partial charge in [0.1, 0.15) is 0 Å². The summed E-state index contributed by atoms with van der Waals surface area (Å²) in [6.07, 6.45) is 0. The van der Waals surface area contributed by atoms with Crippen molar-refractivity contribution in [1.29, 1.82) is 0 Å². The number of para-hydroxylation sites is 2. The first-order valence-electron chi connectivity index (χ1n) is 7.73. The zero-order valence-electron chi connectivity index (χ0n) is 14.1. The predicted octanol–water partition coefficient (Wildman–Crippen LogP) is 2.89. The second kappa shape index (κ2) is 6.16. The molecule has 23 heavy (non-hydrogen) atoms. The van der Waals surface area contributed by atoms with Crippen LogP contribution in [0.3, 0.4) is 0 Å². The van der Waals surface area contributed by atoms with Crippen molar-refractivity contribution in [3.63, 3.8) is 0 Å². The van der Waals surface area contributed by atoms with Crippen molar-refractivity contribution in [2.24, 2.45) is 0 Å². The summed E-state index contributed by atoms with van der Waals surface area (Å²) in [5, 5.41) is 0. The van der Waals surface area contributed by atoms with Gasteiger partial charge in [-0.2, -0.15) is 4.68 Å². The second-order valence-corrected chi connectivity index (χ2v) is 5.94. The smallest absolute Gasteiger partial charge is 0.304 e. The van der Waals surface area contributed by atoms with Gasteiger partial charge in [-0.3, -0.25) is 4.90 Å². The third-order valence-corrected chi connectivity index (χ3v) is 3.81. The first-order valence-corrected chi connectivity index (χ1v) is 7.73. The van der Waals surface area contributed by atoms with Crippen LogP contribution in [0.25, 0.3) is 11.4 Å². The topological polar surface area (TPSA) is 15.3 Å². The van der Waals surface area contributed by atoms with Gasteiger partial charge in [-0.25, -0.2) is 0 Å². The number of anilines is 2. The SMILES string of the molecule is CN(C)c1cc(N(C)C)[n+](-c2ccccc2)n1-c1ccccc1. The lowest BCUT2D eigenvalue weighted by molar-refractivity contribution is -0.661. The van der Waals surface area contributed by atoms with E-state index >= 15 is 0 Å². The lowest BCUT2D eigenvalue weighted by Gasteiger charge is -2.16. The highest BCUT2D eigenvalue weighted by molar-refractivity contribution is 5.53. The van der Waals surface area contributed by atoms with E-state index in [1.165, 1.54) is 0 Å². The molecule has 0 bridgehead atoms. The van der Waals surface area contributed by atoms with Gasteiger partial charge < -0.3 is 4.90 Å². The predicted molar refractivity (Wildman–Crippen MR) is 96.0 cm³/mol. The maximum atomic E-state index is 2.24. The summed E-state index contributed by atoms with van der Waals surface area (Å²) in [7, 11) is 8.29. The minimum atomic E-state index is 1.13. The number of hydrogen-bond acceptors (Lipinski definition) is 2. The van der Waals surface area contributed by atoms with E-state index in [2.05, 4.69) is 102 Å². The molecule has 0 spiro atoms. The van der Waals surface area contributed by atoms with Gasteiger partial charge in [0.25, 0.3) is 0 Å². The van der Waals surface area contributed by atoms with Crippen molar-refractivity contribution in [2.45, 2.75) is 0 Å². The number of benzene rings is 2. The second-order valence-electron chi connectivity index (χ2n) is 5.94. The molecule has 0 aliphatic rings. The van der Waals surface area contributed by atoms with Crippen molar-refractivity contribution in [1.82, 2.24) is 4.68 Å². The van der Waals surface area contributed by atoms with Crippen LogP contribution < -0.4 is 14.5 Å². The summed E-state index contributed by atoms with van der Waals surface area (Å²) in [5.74, 6) is 2.26. The Morgan fingerprint density at radius 2 is 1.30 bits per heavy atom. The molecule has 1 heterocycles. The van der Waals surface area contributed by atoms with E-state index in [9.17, 15) is 0 Å². The Bertz CT molecular complexity index is 708. The Morgan fingerprint density at radius 3 is 1.83 bits per heavy atom. The Hall–Kier alpha value is -2.75. The van der Waals surface area contributed by atoms with Gasteiger partial charge >= 0.3 is 5.82 Å². The highest BCUT2D eigenvalue weighted by Gasteiger charge is 2.26. The Morgan fingerprint density at radius 1 is 0.739 bits per heavy atom. The van der Waals surface area contributed by atoms with Crippen LogP contribution in [0, 0.1) is 0 Å². The van der Waals surface area contributed by atoms with E-state index in [4.69, 9.17) is 0 Å². The fraction of sp³-hybridized carbons (Fsp3) is 0.211. The van der Waals surface area contributed by atoms with Crippen molar-refractivity contribution < 1.29 is 4.68 Å². The lowest BCUT2D eigenvalue weighted by atomic mass is 10.3. The quantitative estimate of drug-likeness (QED) is 0.689. The molecule has 0 aliphatic carbocycles. The molecule has 0 fully saturated rings. The molecule has 0 saturated carbocycles. The Balaban J connectivity index is 2.35. The van der Waals surface area contributed by atoms with Gasteiger partial charge in [-0.1, -0.05) is 36.4 Å². The minimum Gasteiger partial charge on any atom is -0.361 e. The molecule has 0 radical (unpaired) electrons. The number of nitrogens with zero attached hydrogens (tertiary/aromatic N) is 4. The normalized spacial score (nSPS) is 10.6. The van der Waals surface area contributed by atoms with Crippen LogP contribution in [0.5, 0.6) is 0 Å². The summed E-state index contributed by atoms with van der Waals surface area (Å²) in [5.41, 5.74) is 2.27. The highest BCUT2D eigenvalue weighted by Crippen LogP contribution is 2.24. The first kappa shape index (κ1) is 15.2. The largest absolute Gasteiger partial charge is 0.361 e. The molecule has 0 unspecified atom stereocenters. The maximum absolute atomic E-state index is 2.24. The summed E-state index contributed by atoms with van der Waals surface area (Å²) < 4.78 is 4.48. The van der Waals surface area contributed by atoms with E-state index in [-0.39, 0.29) is 0 Å². The molecule has 0 atom stereocenters. The summed E-state index contributed by atoms with van der Waals surface area (Å²) in [6, 6.07) is 23.1. The van der Waals surface area contributed by atoms with E-state index < -0.39 is 0 Å². The molecule has 0 N–H and O–H groups in total. The summed E-state index contributed by atoms with van der Waals surface area (Å²) >= 11 is 0.